The molecule has 0 bridgehead atoms. The number of rotatable bonds is 5. The zero-order valence-electron chi connectivity index (χ0n) is 13.5. The minimum Gasteiger partial charge on any atom is -0.455 e. The predicted octanol–water partition coefficient (Wildman–Crippen LogP) is 3.24. The lowest BCUT2D eigenvalue weighted by Gasteiger charge is -2.08. The summed E-state index contributed by atoms with van der Waals surface area (Å²) < 4.78 is 31.1. The van der Waals surface area contributed by atoms with Crippen LogP contribution in [0.3, 0.4) is 0 Å². The van der Waals surface area contributed by atoms with Crippen LogP contribution in [0.2, 0.25) is 0 Å². The molecular formula is C19H14F2N2O3. The van der Waals surface area contributed by atoms with Gasteiger partial charge in [-0.25, -0.2) is 8.78 Å². The van der Waals surface area contributed by atoms with E-state index in [1.807, 2.05) is 12.1 Å². The number of hydrogen-bond donors (Lipinski definition) is 1. The lowest BCUT2D eigenvalue weighted by atomic mass is 10.1. The number of ether oxygens (including phenoxy) is 1. The van der Waals surface area contributed by atoms with Crippen LogP contribution in [0.1, 0.15) is 5.56 Å². The van der Waals surface area contributed by atoms with Crippen molar-refractivity contribution < 1.29 is 23.1 Å². The highest BCUT2D eigenvalue weighted by molar-refractivity contribution is 5.93. The van der Waals surface area contributed by atoms with Gasteiger partial charge in [-0.3, -0.25) is 14.6 Å². The summed E-state index contributed by atoms with van der Waals surface area (Å²) in [6.45, 7) is -0.560. The Labute approximate surface area is 147 Å². The highest BCUT2D eigenvalue weighted by Crippen LogP contribution is 2.17. The second-order valence-corrected chi connectivity index (χ2v) is 5.54. The van der Waals surface area contributed by atoms with Crippen molar-refractivity contribution in [3.05, 3.63) is 71.9 Å². The van der Waals surface area contributed by atoms with E-state index < -0.39 is 30.1 Å². The van der Waals surface area contributed by atoms with Crippen LogP contribution in [0.15, 0.2) is 54.7 Å². The van der Waals surface area contributed by atoms with E-state index in [4.69, 9.17) is 4.74 Å². The molecule has 0 aliphatic rings. The first kappa shape index (κ1) is 17.5. The maximum Gasteiger partial charge on any atom is 0.310 e. The number of nitrogens with one attached hydrogen (secondary N) is 1. The lowest BCUT2D eigenvalue weighted by molar-refractivity contribution is -0.146. The van der Waals surface area contributed by atoms with E-state index in [0.29, 0.717) is 17.1 Å². The summed E-state index contributed by atoms with van der Waals surface area (Å²) in [5.41, 5.74) is 1.31. The van der Waals surface area contributed by atoms with E-state index in [2.05, 4.69) is 10.3 Å². The third kappa shape index (κ3) is 4.38. The van der Waals surface area contributed by atoms with E-state index in [-0.39, 0.29) is 12.1 Å². The van der Waals surface area contributed by atoms with Gasteiger partial charge in [0.05, 0.1) is 11.9 Å². The van der Waals surface area contributed by atoms with E-state index >= 15 is 0 Å². The monoisotopic (exact) mass is 356 g/mol. The highest BCUT2D eigenvalue weighted by Gasteiger charge is 2.12. The van der Waals surface area contributed by atoms with Gasteiger partial charge in [-0.2, -0.15) is 0 Å². The Hall–Kier alpha value is -3.35. The number of aromatic nitrogens is 1. The molecule has 0 spiro atoms. The summed E-state index contributed by atoms with van der Waals surface area (Å²) in [6, 6.07) is 11.7. The normalized spacial score (nSPS) is 10.5. The summed E-state index contributed by atoms with van der Waals surface area (Å²) in [5.74, 6) is -2.94. The third-order valence-electron chi connectivity index (χ3n) is 3.56. The number of pyridine rings is 1. The summed E-state index contributed by atoms with van der Waals surface area (Å²) in [5, 5.41) is 3.16. The van der Waals surface area contributed by atoms with Gasteiger partial charge in [-0.1, -0.05) is 24.3 Å². The fourth-order valence-electron chi connectivity index (χ4n) is 2.49. The topological polar surface area (TPSA) is 68.3 Å². The number of fused-ring (bicyclic) bond motifs is 1. The second-order valence-electron chi connectivity index (χ2n) is 5.54. The molecule has 0 radical (unpaired) electrons. The molecule has 1 N–H and O–H groups in total. The van der Waals surface area contributed by atoms with Crippen molar-refractivity contribution in [2.45, 2.75) is 6.42 Å². The van der Waals surface area contributed by atoms with Crippen LogP contribution in [0.4, 0.5) is 14.5 Å². The number of carbonyl (C=O) groups excluding carboxylic acids is 2. The Balaban J connectivity index is 1.57. The molecule has 2 aromatic carbocycles. The second kappa shape index (κ2) is 7.69. The maximum atomic E-state index is 13.1. The van der Waals surface area contributed by atoms with E-state index in [0.717, 1.165) is 17.5 Å². The summed E-state index contributed by atoms with van der Waals surface area (Å²) in [6.07, 6.45) is 1.58. The number of halogens is 2. The van der Waals surface area contributed by atoms with Crippen molar-refractivity contribution in [1.82, 2.24) is 4.98 Å². The molecule has 3 rings (SSSR count). The zero-order valence-corrected chi connectivity index (χ0v) is 13.5. The molecule has 3 aromatic rings. The molecular weight excluding hydrogens is 342 g/mol. The van der Waals surface area contributed by atoms with Crippen molar-refractivity contribution in [3.8, 4) is 0 Å². The van der Waals surface area contributed by atoms with Gasteiger partial charge in [0, 0.05) is 23.3 Å². The largest absolute Gasteiger partial charge is 0.455 e. The molecule has 132 valence electrons. The Morgan fingerprint density at radius 3 is 2.54 bits per heavy atom. The molecule has 0 saturated carbocycles. The third-order valence-corrected chi connectivity index (χ3v) is 3.56. The molecule has 0 saturated heterocycles. The minimum absolute atomic E-state index is 0.0454. The van der Waals surface area contributed by atoms with E-state index in [1.54, 1.807) is 24.4 Å². The van der Waals surface area contributed by atoms with Gasteiger partial charge in [0.1, 0.15) is 11.6 Å². The number of benzene rings is 2. The molecule has 1 amide bonds. The molecule has 1 heterocycles. The fraction of sp³-hybridized carbons (Fsp3) is 0.105. The van der Waals surface area contributed by atoms with Gasteiger partial charge < -0.3 is 10.1 Å². The van der Waals surface area contributed by atoms with Crippen LogP contribution in [0, 0.1) is 11.6 Å². The maximum absolute atomic E-state index is 13.1. The number of amides is 1. The highest BCUT2D eigenvalue weighted by atomic mass is 19.1. The van der Waals surface area contributed by atoms with Gasteiger partial charge in [0.15, 0.2) is 6.61 Å². The Morgan fingerprint density at radius 2 is 1.77 bits per heavy atom. The van der Waals surface area contributed by atoms with Crippen molar-refractivity contribution in [1.29, 1.82) is 0 Å². The molecule has 0 fully saturated rings. The Kier molecular flexibility index (Phi) is 5.17. The molecule has 5 nitrogen and oxygen atoms in total. The lowest BCUT2D eigenvalue weighted by Crippen LogP contribution is -2.21. The van der Waals surface area contributed by atoms with Gasteiger partial charge in [0.2, 0.25) is 0 Å². The Bertz CT molecular complexity index is 950. The molecule has 26 heavy (non-hydrogen) atoms. The molecule has 0 aliphatic heterocycles. The Morgan fingerprint density at radius 1 is 1.04 bits per heavy atom. The smallest absolute Gasteiger partial charge is 0.310 e. The van der Waals surface area contributed by atoms with Gasteiger partial charge in [-0.15, -0.1) is 0 Å². The first-order valence-corrected chi connectivity index (χ1v) is 7.75. The first-order chi connectivity index (χ1) is 12.5. The number of carbonyl (C=O) groups is 2. The quantitative estimate of drug-likeness (QED) is 0.713. The summed E-state index contributed by atoms with van der Waals surface area (Å²) in [7, 11) is 0. The average Bonchev–Trinajstić information content (AvgIpc) is 2.59. The van der Waals surface area contributed by atoms with Crippen molar-refractivity contribution in [2.75, 3.05) is 11.9 Å². The van der Waals surface area contributed by atoms with Crippen molar-refractivity contribution in [3.63, 3.8) is 0 Å². The van der Waals surface area contributed by atoms with Crippen LogP contribution in [0.5, 0.6) is 0 Å². The van der Waals surface area contributed by atoms with Crippen molar-refractivity contribution in [2.24, 2.45) is 0 Å². The van der Waals surface area contributed by atoms with Gasteiger partial charge in [-0.05, 0) is 23.8 Å². The summed E-state index contributed by atoms with van der Waals surface area (Å²) in [4.78, 5) is 28.0. The molecule has 1 aromatic heterocycles. The zero-order chi connectivity index (χ0) is 18.5. The average molecular weight is 356 g/mol. The van der Waals surface area contributed by atoms with Crippen LogP contribution in [0.25, 0.3) is 10.9 Å². The molecule has 0 unspecified atom stereocenters. The van der Waals surface area contributed by atoms with Crippen LogP contribution < -0.4 is 5.32 Å². The van der Waals surface area contributed by atoms with Crippen LogP contribution in [-0.2, 0) is 20.7 Å². The van der Waals surface area contributed by atoms with Gasteiger partial charge >= 0.3 is 5.97 Å². The van der Waals surface area contributed by atoms with Gasteiger partial charge in [0.25, 0.3) is 5.91 Å². The van der Waals surface area contributed by atoms with Crippen LogP contribution in [-0.4, -0.2) is 23.5 Å². The standard InChI is InChI=1S/C19H14F2N2O3/c20-14-8-15(21)10-16(9-14)23-17(24)11-26-18(25)7-13-4-1-3-12-5-2-6-22-19(12)13/h1-6,8-10H,7,11H2,(H,23,24). The number of nitrogens with zero attached hydrogens (tertiary/aromatic N) is 1. The predicted molar refractivity (Wildman–Crippen MR) is 91.4 cm³/mol. The summed E-state index contributed by atoms with van der Waals surface area (Å²) >= 11 is 0. The number of hydrogen-bond acceptors (Lipinski definition) is 4. The van der Waals surface area contributed by atoms with E-state index in [9.17, 15) is 18.4 Å². The van der Waals surface area contributed by atoms with Crippen LogP contribution >= 0.6 is 0 Å². The molecule has 0 aliphatic carbocycles. The molecule has 0 atom stereocenters. The first-order valence-electron chi connectivity index (χ1n) is 7.75. The van der Waals surface area contributed by atoms with Crippen molar-refractivity contribution >= 4 is 28.5 Å². The van der Waals surface area contributed by atoms with E-state index in [1.165, 1.54) is 0 Å². The minimum atomic E-state index is -0.819. The SMILES string of the molecule is O=C(COC(=O)Cc1cccc2cccnc12)Nc1cc(F)cc(F)c1. The number of anilines is 1. The number of para-hydroxylation sites is 1. The molecule has 7 heteroatoms. The number of esters is 1. The fourth-order valence-corrected chi connectivity index (χ4v) is 2.49.